The van der Waals surface area contributed by atoms with Gasteiger partial charge in [-0.1, -0.05) is 0 Å². The predicted molar refractivity (Wildman–Crippen MR) is 142 cm³/mol. The molecule has 0 bridgehead atoms. The van der Waals surface area contributed by atoms with Crippen LogP contribution in [-0.2, 0) is 28.8 Å². The van der Waals surface area contributed by atoms with E-state index in [-0.39, 0.29) is 87.9 Å². The van der Waals surface area contributed by atoms with E-state index in [0.717, 1.165) is 0 Å². The van der Waals surface area contributed by atoms with Crippen LogP contribution in [0.25, 0.3) is 0 Å². The molecule has 0 spiro atoms. The summed E-state index contributed by atoms with van der Waals surface area (Å²) in [5.41, 5.74) is 0. The van der Waals surface area contributed by atoms with Crippen molar-refractivity contribution < 1.29 is 59.4 Å². The van der Waals surface area contributed by atoms with Gasteiger partial charge in [-0.2, -0.15) is 0 Å². The second kappa shape index (κ2) is 18.0. The summed E-state index contributed by atoms with van der Waals surface area (Å²) in [4.78, 5) is 67.5. The molecule has 0 aromatic heterocycles. The fourth-order valence-electron chi connectivity index (χ4n) is 3.19. The zero-order chi connectivity index (χ0) is 26.4. The van der Waals surface area contributed by atoms with Gasteiger partial charge in [0.1, 0.15) is 0 Å². The normalized spacial score (nSPS) is 12.2. The van der Waals surface area contributed by atoms with E-state index in [1.165, 1.54) is 20.8 Å². The number of carbonyl (C=O) groups is 6. The molecule has 0 aliphatic rings. The van der Waals surface area contributed by atoms with Gasteiger partial charge in [-0.25, -0.2) is 0 Å². The second-order valence-electron chi connectivity index (χ2n) is 7.90. The number of aliphatic carboxylic acids is 6. The van der Waals surface area contributed by atoms with Gasteiger partial charge < -0.3 is 0 Å². The van der Waals surface area contributed by atoms with Crippen molar-refractivity contribution in [2.24, 2.45) is 0 Å². The van der Waals surface area contributed by atoms with E-state index in [1.54, 1.807) is 0 Å². The zero-order valence-corrected chi connectivity index (χ0v) is 23.3. The molecule has 0 amide bonds. The third kappa shape index (κ3) is 17.7. The van der Waals surface area contributed by atoms with Crippen molar-refractivity contribution in [1.29, 1.82) is 0 Å². The molecule has 0 aromatic carbocycles. The number of hydrogen-bond donors (Lipinski definition) is 6. The van der Waals surface area contributed by atoms with Gasteiger partial charge in [-0.3, -0.25) is 0 Å². The van der Waals surface area contributed by atoms with Crippen molar-refractivity contribution in [3.63, 3.8) is 0 Å². The van der Waals surface area contributed by atoms with Crippen LogP contribution in [-0.4, -0.2) is 103 Å². The van der Waals surface area contributed by atoms with Gasteiger partial charge in [0.15, 0.2) is 0 Å². The van der Waals surface area contributed by atoms with Gasteiger partial charge in [0.25, 0.3) is 0 Å². The third-order valence-electron chi connectivity index (χ3n) is 5.16. The zero-order valence-electron chi connectivity index (χ0n) is 18.8. The number of carboxylic acids is 6. The molecule has 0 saturated carbocycles. The first kappa shape index (κ1) is 35.8. The van der Waals surface area contributed by atoms with E-state index >= 15 is 0 Å². The molecular weight excluding hydrogens is 570 g/mol. The molecule has 0 rings (SSSR count). The maximum atomic E-state index is 11.2. The molecule has 0 unspecified atom stereocenters. The van der Waals surface area contributed by atoms with Gasteiger partial charge in [0, 0.05) is 0 Å². The molecule has 17 heteroatoms. The molecule has 0 radical (unpaired) electrons. The van der Waals surface area contributed by atoms with Crippen molar-refractivity contribution in [3.05, 3.63) is 0 Å². The Balaban J connectivity index is 0. The molecule has 0 aliphatic heterocycles. The summed E-state index contributed by atoms with van der Waals surface area (Å²) in [7, 11) is 2.41. The van der Waals surface area contributed by atoms with Gasteiger partial charge in [0.05, 0.1) is 0 Å². The topological polar surface area (TPSA) is 224 Å². The van der Waals surface area contributed by atoms with Crippen molar-refractivity contribution in [3.8, 4) is 0 Å². The third-order valence-corrected chi connectivity index (χ3v) is 28.3. The summed E-state index contributed by atoms with van der Waals surface area (Å²) >= 11 is 0. The standard InChI is InChI=1S/C18H32O12P2S2.ClH/c19-13(20)1-7-31(8-2-14(21)22,9-3-15(23)24)33-34-32(10-4-16(25)26,11-5-17(27)28)12-6-18(29)30;/h31-32H,1-12H2,(H,19,20)(H,21,22)(H,23,24)(H,25,26)(H,27,28)(H,29,30);1H. The first-order valence-electron chi connectivity index (χ1n) is 10.4. The maximum absolute atomic E-state index is 11.2. The number of carboxylic acid groups (broad SMARTS) is 6. The Morgan fingerprint density at radius 1 is 0.400 bits per heavy atom. The van der Waals surface area contributed by atoms with Crippen LogP contribution in [0.15, 0.2) is 0 Å². The molecule has 0 aromatic rings. The minimum absolute atomic E-state index is 0. The van der Waals surface area contributed by atoms with Crippen LogP contribution in [0.5, 0.6) is 0 Å². The predicted octanol–water partition coefficient (Wildman–Crippen LogP) is 2.97. The van der Waals surface area contributed by atoms with Crippen LogP contribution < -0.4 is 0 Å². The molecule has 6 N–H and O–H groups in total. The Labute approximate surface area is 216 Å². The Morgan fingerprint density at radius 3 is 0.657 bits per heavy atom. The Bertz CT molecular complexity index is 615. The van der Waals surface area contributed by atoms with Crippen molar-refractivity contribution in [1.82, 2.24) is 0 Å². The molecular formula is C18H33ClO12P2S2. The molecule has 0 atom stereocenters. The average Bonchev–Trinajstić information content (AvgIpc) is 2.72. The SMILES string of the molecule is Cl.O=C(O)CC[PH](CCC(=O)O)(CCC(=O)O)SS[PH](CCC(=O)O)(CCC(=O)O)CCC(=O)O. The van der Waals surface area contributed by atoms with Crippen LogP contribution in [0, 0.1) is 0 Å². The summed E-state index contributed by atoms with van der Waals surface area (Å²) in [6.07, 6.45) is -1.28. The Hall–Kier alpha value is -1.33. The van der Waals surface area contributed by atoms with Crippen LogP contribution in [0.4, 0.5) is 0 Å². The average molecular weight is 603 g/mol. The summed E-state index contributed by atoms with van der Waals surface area (Å²) < 4.78 is 0. The summed E-state index contributed by atoms with van der Waals surface area (Å²) in [5.74, 6) is -6.75. The molecule has 12 nitrogen and oxygen atoms in total. The fourth-order valence-corrected chi connectivity index (χ4v) is 31.2. The number of halogens is 1. The fraction of sp³-hybridized carbons (Fsp3) is 0.667. The second-order valence-corrected chi connectivity index (χ2v) is 25.2. The van der Waals surface area contributed by atoms with Crippen LogP contribution >= 0.6 is 46.2 Å². The molecule has 206 valence electrons. The van der Waals surface area contributed by atoms with Crippen molar-refractivity contribution >= 4 is 82.0 Å². The van der Waals surface area contributed by atoms with E-state index in [1.807, 2.05) is 0 Å². The Morgan fingerprint density at radius 2 is 0.543 bits per heavy atom. The van der Waals surface area contributed by atoms with Gasteiger partial charge in [-0.05, 0) is 0 Å². The Kier molecular flexibility index (Phi) is 18.4. The molecule has 0 heterocycles. The monoisotopic (exact) mass is 602 g/mol. The van der Waals surface area contributed by atoms with E-state index in [0.29, 0.717) is 0 Å². The van der Waals surface area contributed by atoms with Gasteiger partial charge in [-0.15, -0.1) is 12.4 Å². The number of rotatable bonds is 21. The summed E-state index contributed by atoms with van der Waals surface area (Å²) in [5, 5.41) is 55.1. The van der Waals surface area contributed by atoms with Crippen molar-refractivity contribution in [2.75, 3.05) is 37.0 Å². The van der Waals surface area contributed by atoms with Crippen LogP contribution in [0.3, 0.4) is 0 Å². The summed E-state index contributed by atoms with van der Waals surface area (Å²) in [6.45, 7) is -5.87. The molecule has 0 fully saturated rings. The molecule has 0 saturated heterocycles. The molecule has 0 aliphatic carbocycles. The quantitative estimate of drug-likeness (QED) is 0.0820. The van der Waals surface area contributed by atoms with E-state index in [9.17, 15) is 59.4 Å². The first-order chi connectivity index (χ1) is 15.7. The van der Waals surface area contributed by atoms with Crippen LogP contribution in [0.2, 0.25) is 0 Å². The van der Waals surface area contributed by atoms with E-state index in [4.69, 9.17) is 0 Å². The minimum atomic E-state index is -2.93. The van der Waals surface area contributed by atoms with Crippen LogP contribution in [0.1, 0.15) is 38.5 Å². The molecule has 35 heavy (non-hydrogen) atoms. The number of hydrogen-bond acceptors (Lipinski definition) is 8. The van der Waals surface area contributed by atoms with E-state index in [2.05, 4.69) is 0 Å². The van der Waals surface area contributed by atoms with Crippen molar-refractivity contribution in [2.45, 2.75) is 38.5 Å². The van der Waals surface area contributed by atoms with Gasteiger partial charge >= 0.3 is 204 Å². The first-order valence-corrected chi connectivity index (χ1v) is 19.2. The van der Waals surface area contributed by atoms with Gasteiger partial charge in [0.2, 0.25) is 0 Å². The summed E-state index contributed by atoms with van der Waals surface area (Å²) in [6, 6.07) is 0. The van der Waals surface area contributed by atoms with E-state index < -0.39 is 48.7 Å².